The summed E-state index contributed by atoms with van der Waals surface area (Å²) >= 11 is 0. The van der Waals surface area contributed by atoms with E-state index in [1.165, 1.54) is 0 Å². The molecule has 0 saturated carbocycles. The number of hydrogen-bond acceptors (Lipinski definition) is 5. The van der Waals surface area contributed by atoms with Crippen LogP contribution in [0, 0.1) is 0 Å². The van der Waals surface area contributed by atoms with Crippen LogP contribution in [0.15, 0.2) is 18.2 Å². The summed E-state index contributed by atoms with van der Waals surface area (Å²) < 4.78 is 16.2. The normalized spacial score (nSPS) is 16.7. The molecule has 2 rings (SSSR count). The van der Waals surface area contributed by atoms with Crippen molar-refractivity contribution in [3.63, 3.8) is 0 Å². The molecule has 1 aromatic carbocycles. The number of hydrazine groups is 1. The molecule has 1 aliphatic rings. The summed E-state index contributed by atoms with van der Waals surface area (Å²) in [4.78, 5) is 23.9. The monoisotopic (exact) mass is 322 g/mol. The fourth-order valence-electron chi connectivity index (χ4n) is 2.25. The minimum Gasteiger partial charge on any atom is -0.490 e. The van der Waals surface area contributed by atoms with Gasteiger partial charge in [0.05, 0.1) is 13.2 Å². The van der Waals surface area contributed by atoms with Gasteiger partial charge in [-0.2, -0.15) is 0 Å². The predicted molar refractivity (Wildman–Crippen MR) is 83.4 cm³/mol. The standard InChI is InChI=1S/C16H22N2O5/c1-3-21-12-8-7-11(10-14(12)22-4-2)15(19)17-18-16(20)13-6-5-9-23-13/h7-8,10,13H,3-6,9H2,1-2H3,(H,17,19)(H,18,20). The molecule has 1 saturated heterocycles. The Hall–Kier alpha value is -2.28. The van der Waals surface area contributed by atoms with Crippen molar-refractivity contribution in [2.75, 3.05) is 19.8 Å². The highest BCUT2D eigenvalue weighted by Crippen LogP contribution is 2.28. The molecule has 0 spiro atoms. The SMILES string of the molecule is CCOc1ccc(C(=O)NNC(=O)C2CCCO2)cc1OCC. The van der Waals surface area contributed by atoms with E-state index in [0.717, 1.165) is 6.42 Å². The Morgan fingerprint density at radius 3 is 2.57 bits per heavy atom. The van der Waals surface area contributed by atoms with Gasteiger partial charge in [-0.15, -0.1) is 0 Å². The van der Waals surface area contributed by atoms with Crippen LogP contribution in [0.2, 0.25) is 0 Å². The van der Waals surface area contributed by atoms with Crippen LogP contribution in [0.3, 0.4) is 0 Å². The third-order valence-electron chi connectivity index (χ3n) is 3.33. The first-order chi connectivity index (χ1) is 11.2. The van der Waals surface area contributed by atoms with Crippen LogP contribution >= 0.6 is 0 Å². The van der Waals surface area contributed by atoms with Crippen molar-refractivity contribution in [1.82, 2.24) is 10.9 Å². The van der Waals surface area contributed by atoms with E-state index in [2.05, 4.69) is 10.9 Å². The summed E-state index contributed by atoms with van der Waals surface area (Å²) in [5, 5.41) is 0. The van der Waals surface area contributed by atoms with Crippen molar-refractivity contribution in [2.45, 2.75) is 32.8 Å². The van der Waals surface area contributed by atoms with E-state index < -0.39 is 12.0 Å². The average Bonchev–Trinajstić information content (AvgIpc) is 3.09. The summed E-state index contributed by atoms with van der Waals surface area (Å²) in [5.41, 5.74) is 5.13. The lowest BCUT2D eigenvalue weighted by atomic mass is 10.2. The van der Waals surface area contributed by atoms with Gasteiger partial charge >= 0.3 is 0 Å². The third kappa shape index (κ3) is 4.59. The van der Waals surface area contributed by atoms with Crippen molar-refractivity contribution in [3.05, 3.63) is 23.8 Å². The molecule has 1 fully saturated rings. The Bertz CT molecular complexity index is 555. The molecule has 1 aliphatic heterocycles. The highest BCUT2D eigenvalue weighted by molar-refractivity contribution is 5.96. The van der Waals surface area contributed by atoms with Gasteiger partial charge in [0.2, 0.25) is 0 Å². The van der Waals surface area contributed by atoms with Crippen LogP contribution in [0.4, 0.5) is 0 Å². The van der Waals surface area contributed by atoms with Gasteiger partial charge in [0, 0.05) is 12.2 Å². The maximum Gasteiger partial charge on any atom is 0.269 e. The first kappa shape index (κ1) is 17.1. The van der Waals surface area contributed by atoms with Crippen molar-refractivity contribution >= 4 is 11.8 Å². The van der Waals surface area contributed by atoms with E-state index in [-0.39, 0.29) is 5.91 Å². The molecular formula is C16H22N2O5. The lowest BCUT2D eigenvalue weighted by molar-refractivity contribution is -0.130. The minimum absolute atomic E-state index is 0.341. The Morgan fingerprint density at radius 1 is 1.17 bits per heavy atom. The summed E-state index contributed by atoms with van der Waals surface area (Å²) in [5.74, 6) is 0.300. The number of rotatable bonds is 6. The first-order valence-corrected chi connectivity index (χ1v) is 7.77. The van der Waals surface area contributed by atoms with E-state index in [1.54, 1.807) is 18.2 Å². The Kier molecular flexibility index (Phi) is 6.22. The molecule has 1 aromatic rings. The second-order valence-corrected chi connectivity index (χ2v) is 4.97. The van der Waals surface area contributed by atoms with Crippen LogP contribution in [0.5, 0.6) is 11.5 Å². The largest absolute Gasteiger partial charge is 0.490 e. The summed E-state index contributed by atoms with van der Waals surface area (Å²) in [6.07, 6.45) is 1.02. The Morgan fingerprint density at radius 2 is 1.91 bits per heavy atom. The van der Waals surface area contributed by atoms with Crippen LogP contribution < -0.4 is 20.3 Å². The molecule has 2 amide bonds. The van der Waals surface area contributed by atoms with Crippen LogP contribution in [0.25, 0.3) is 0 Å². The van der Waals surface area contributed by atoms with Crippen molar-refractivity contribution < 1.29 is 23.8 Å². The Balaban J connectivity index is 1.97. The predicted octanol–water partition coefficient (Wildman–Crippen LogP) is 1.42. The lowest BCUT2D eigenvalue weighted by Crippen LogP contribution is -2.46. The maximum absolute atomic E-state index is 12.1. The number of ether oxygens (including phenoxy) is 3. The molecule has 0 bridgehead atoms. The van der Waals surface area contributed by atoms with Gasteiger partial charge in [-0.05, 0) is 44.9 Å². The lowest BCUT2D eigenvalue weighted by Gasteiger charge is -2.14. The fourth-order valence-corrected chi connectivity index (χ4v) is 2.25. The topological polar surface area (TPSA) is 85.9 Å². The van der Waals surface area contributed by atoms with Crippen LogP contribution in [0.1, 0.15) is 37.0 Å². The maximum atomic E-state index is 12.1. The molecule has 0 radical (unpaired) electrons. The van der Waals surface area contributed by atoms with E-state index in [1.807, 2.05) is 13.8 Å². The van der Waals surface area contributed by atoms with E-state index in [9.17, 15) is 9.59 Å². The number of hydrogen-bond donors (Lipinski definition) is 2. The zero-order valence-corrected chi connectivity index (χ0v) is 13.4. The van der Waals surface area contributed by atoms with Crippen molar-refractivity contribution in [1.29, 1.82) is 0 Å². The number of nitrogens with one attached hydrogen (secondary N) is 2. The number of amides is 2. The molecule has 23 heavy (non-hydrogen) atoms. The van der Waals surface area contributed by atoms with Gasteiger partial charge in [-0.25, -0.2) is 0 Å². The van der Waals surface area contributed by atoms with Gasteiger partial charge < -0.3 is 14.2 Å². The van der Waals surface area contributed by atoms with Crippen LogP contribution in [-0.4, -0.2) is 37.7 Å². The zero-order valence-electron chi connectivity index (χ0n) is 13.4. The van der Waals surface area contributed by atoms with Gasteiger partial charge in [0.1, 0.15) is 6.10 Å². The Labute approximate surface area is 135 Å². The summed E-state index contributed by atoms with van der Waals surface area (Å²) in [6.45, 7) is 5.26. The number of carbonyl (C=O) groups excluding carboxylic acids is 2. The summed E-state index contributed by atoms with van der Waals surface area (Å²) in [7, 11) is 0. The number of carbonyl (C=O) groups is 2. The van der Waals surface area contributed by atoms with Crippen molar-refractivity contribution in [2.24, 2.45) is 0 Å². The number of benzene rings is 1. The first-order valence-electron chi connectivity index (χ1n) is 7.77. The smallest absolute Gasteiger partial charge is 0.269 e. The van der Waals surface area contributed by atoms with Gasteiger partial charge in [0.15, 0.2) is 11.5 Å². The second kappa shape index (κ2) is 8.38. The van der Waals surface area contributed by atoms with Crippen molar-refractivity contribution in [3.8, 4) is 11.5 Å². The van der Waals surface area contributed by atoms with Gasteiger partial charge in [-0.1, -0.05) is 0 Å². The molecule has 1 atom stereocenters. The van der Waals surface area contributed by atoms with Gasteiger partial charge in [0.25, 0.3) is 11.8 Å². The molecule has 126 valence electrons. The molecule has 0 aliphatic carbocycles. The third-order valence-corrected chi connectivity index (χ3v) is 3.33. The van der Waals surface area contributed by atoms with E-state index in [4.69, 9.17) is 14.2 Å². The van der Waals surface area contributed by atoms with Gasteiger partial charge in [-0.3, -0.25) is 20.4 Å². The molecule has 7 heteroatoms. The second-order valence-electron chi connectivity index (χ2n) is 4.97. The molecule has 1 unspecified atom stereocenters. The quantitative estimate of drug-likeness (QED) is 0.774. The van der Waals surface area contributed by atoms with E-state index in [0.29, 0.717) is 43.3 Å². The fraction of sp³-hybridized carbons (Fsp3) is 0.500. The molecule has 2 N–H and O–H groups in total. The minimum atomic E-state index is -0.491. The van der Waals surface area contributed by atoms with Crippen LogP contribution in [-0.2, 0) is 9.53 Å². The van der Waals surface area contributed by atoms with E-state index >= 15 is 0 Å². The molecular weight excluding hydrogens is 300 g/mol. The molecule has 1 heterocycles. The molecule has 7 nitrogen and oxygen atoms in total. The average molecular weight is 322 g/mol. The summed E-state index contributed by atoms with van der Waals surface area (Å²) in [6, 6.07) is 4.87. The highest BCUT2D eigenvalue weighted by Gasteiger charge is 2.24. The highest BCUT2D eigenvalue weighted by atomic mass is 16.5. The molecule has 0 aromatic heterocycles. The zero-order chi connectivity index (χ0) is 16.7.